The molecular weight excluding hydrogens is 721 g/mol. The molecule has 0 aliphatic carbocycles. The summed E-state index contributed by atoms with van der Waals surface area (Å²) in [6.45, 7) is 18.6. The van der Waals surface area contributed by atoms with Gasteiger partial charge in [-0.2, -0.15) is 0 Å². The lowest BCUT2D eigenvalue weighted by molar-refractivity contribution is 0.0110. The highest BCUT2D eigenvalue weighted by molar-refractivity contribution is 6.66. The minimum Gasteiger partial charge on any atom is -0.444 e. The topological polar surface area (TPSA) is 158 Å². The predicted molar refractivity (Wildman–Crippen MR) is 209 cm³/mol. The first-order chi connectivity index (χ1) is 23.2. The first-order valence-electron chi connectivity index (χ1n) is 18.5. The summed E-state index contributed by atoms with van der Waals surface area (Å²) in [7, 11) is 0. The van der Waals surface area contributed by atoms with Gasteiger partial charge in [-0.15, -0.1) is 24.8 Å². The Labute approximate surface area is 324 Å². The maximum absolute atomic E-state index is 12.2. The van der Waals surface area contributed by atoms with E-state index in [4.69, 9.17) is 31.7 Å². The van der Waals surface area contributed by atoms with E-state index in [0.717, 1.165) is 52.1 Å². The van der Waals surface area contributed by atoms with Crippen LogP contribution < -0.4 is 11.1 Å². The molecule has 0 aromatic carbocycles. The van der Waals surface area contributed by atoms with Gasteiger partial charge in [0, 0.05) is 37.0 Å². The molecule has 16 heteroatoms. The smallest absolute Gasteiger partial charge is 0.410 e. The highest BCUT2D eigenvalue weighted by atomic mass is 35.5. The van der Waals surface area contributed by atoms with Crippen LogP contribution >= 0.6 is 36.4 Å². The van der Waals surface area contributed by atoms with Crippen molar-refractivity contribution in [2.45, 2.75) is 117 Å². The molecule has 0 radical (unpaired) electrons. The highest BCUT2D eigenvalue weighted by Gasteiger charge is 2.37. The quantitative estimate of drug-likeness (QED) is 0.123. The van der Waals surface area contributed by atoms with Gasteiger partial charge in [-0.1, -0.05) is 48.6 Å². The second-order valence-electron chi connectivity index (χ2n) is 15.8. The summed E-state index contributed by atoms with van der Waals surface area (Å²) in [5.74, 6) is 0.418. The Morgan fingerprint density at radius 3 is 1.69 bits per heavy atom. The molecule has 2 atom stereocenters. The minimum absolute atomic E-state index is 0. The van der Waals surface area contributed by atoms with Crippen molar-refractivity contribution in [3.63, 3.8) is 0 Å². The molecule has 4 fully saturated rings. The third-order valence-electron chi connectivity index (χ3n) is 10.0. The molecule has 4 rings (SSSR count). The third-order valence-corrected chi connectivity index (χ3v) is 10.5. The highest BCUT2D eigenvalue weighted by Crippen LogP contribution is 2.33. The fraction of sp³-hybridized carbons (Fsp3) is 0.914. The number of amides is 1. The van der Waals surface area contributed by atoms with Crippen molar-refractivity contribution in [3.8, 4) is 0 Å². The molecule has 0 bridgehead atoms. The largest absolute Gasteiger partial charge is 0.444 e. The van der Waals surface area contributed by atoms with E-state index >= 15 is 0 Å². The summed E-state index contributed by atoms with van der Waals surface area (Å²) in [5, 5.41) is 32.1. The minimum atomic E-state index is -0.573. The van der Waals surface area contributed by atoms with Gasteiger partial charge >= 0.3 is 6.09 Å². The maximum atomic E-state index is 12.2. The molecule has 2 unspecified atom stereocenters. The number of nitrogens with zero attached hydrogens (tertiary/aromatic N) is 5. The van der Waals surface area contributed by atoms with E-state index in [1.165, 1.54) is 38.5 Å². The monoisotopic (exact) mass is 787 g/mol. The number of nitrogens with two attached hydrogens (primary N) is 1. The Balaban J connectivity index is 0.000000509. The SMILES string of the molecule is CC(C)(C)OC(=O)N1CCC(C)(C(N)=NOCC(O)CN2CCCCC2)CC1.CC1(C(Cl)=NOCC(O)CN2CCCCC2)CCNCC1.Cl.Cl. The Hall–Kier alpha value is -1.32. The molecule has 1 amide bonds. The van der Waals surface area contributed by atoms with Gasteiger partial charge in [-0.3, -0.25) is 0 Å². The lowest BCUT2D eigenvalue weighted by Crippen LogP contribution is -2.48. The molecule has 4 heterocycles. The number of piperidine rings is 4. The van der Waals surface area contributed by atoms with Crippen LogP contribution in [0, 0.1) is 10.8 Å². The fourth-order valence-corrected chi connectivity index (χ4v) is 6.77. The van der Waals surface area contributed by atoms with Gasteiger partial charge in [0.2, 0.25) is 0 Å². The molecule has 5 N–H and O–H groups in total. The summed E-state index contributed by atoms with van der Waals surface area (Å²) in [4.78, 5) is 29.1. The van der Waals surface area contributed by atoms with E-state index in [1.807, 2.05) is 27.7 Å². The number of aliphatic hydroxyl groups is 2. The van der Waals surface area contributed by atoms with Crippen molar-refractivity contribution < 1.29 is 29.4 Å². The van der Waals surface area contributed by atoms with Gasteiger partial charge in [0.15, 0.2) is 5.17 Å². The predicted octanol–water partition coefficient (Wildman–Crippen LogP) is 4.79. The number of nitrogens with one attached hydrogen (secondary N) is 1. The summed E-state index contributed by atoms with van der Waals surface area (Å²) >= 11 is 6.28. The lowest BCUT2D eigenvalue weighted by atomic mass is 9.79. The van der Waals surface area contributed by atoms with Crippen LogP contribution in [0.3, 0.4) is 0 Å². The molecule has 0 spiro atoms. The van der Waals surface area contributed by atoms with Crippen LogP contribution in [0.4, 0.5) is 4.79 Å². The zero-order valence-corrected chi connectivity index (χ0v) is 34.1. The molecule has 13 nitrogen and oxygen atoms in total. The average Bonchev–Trinajstić information content (AvgIpc) is 3.05. The molecule has 0 saturated carbocycles. The number of amidine groups is 1. The zero-order chi connectivity index (χ0) is 35.9. The molecule has 4 aliphatic heterocycles. The number of hydrogen-bond acceptors (Lipinski definition) is 11. The number of carbonyl (C=O) groups is 1. The second kappa shape index (κ2) is 23.5. The summed E-state index contributed by atoms with van der Waals surface area (Å²) in [5.41, 5.74) is 5.26. The Bertz CT molecular complexity index is 1040. The number of aliphatic hydroxyl groups excluding tert-OH is 2. The number of hydrogen-bond donors (Lipinski definition) is 4. The van der Waals surface area contributed by atoms with E-state index in [9.17, 15) is 15.0 Å². The molecule has 0 aromatic heterocycles. The van der Waals surface area contributed by atoms with Crippen LogP contribution in [0.5, 0.6) is 0 Å². The molecule has 51 heavy (non-hydrogen) atoms. The van der Waals surface area contributed by atoms with Crippen molar-refractivity contribution >= 4 is 53.5 Å². The Morgan fingerprint density at radius 2 is 1.24 bits per heavy atom. The number of β-amino-alcohol motifs (C(OH)–C–C–N with tert-alkyl or cyclic N) is 2. The number of oxime groups is 2. The number of rotatable bonds is 12. The van der Waals surface area contributed by atoms with Crippen molar-refractivity contribution in [2.75, 3.05) is 78.7 Å². The van der Waals surface area contributed by atoms with E-state index in [0.29, 0.717) is 50.0 Å². The van der Waals surface area contributed by atoms with Gasteiger partial charge in [-0.05, 0) is 111 Å². The average molecular weight is 789 g/mol. The van der Waals surface area contributed by atoms with Crippen molar-refractivity contribution in [1.82, 2.24) is 20.0 Å². The Kier molecular flexibility index (Phi) is 21.9. The van der Waals surface area contributed by atoms with Crippen LogP contribution in [0.1, 0.15) is 98.8 Å². The zero-order valence-electron chi connectivity index (χ0n) is 31.7. The van der Waals surface area contributed by atoms with Gasteiger partial charge in [0.25, 0.3) is 0 Å². The van der Waals surface area contributed by atoms with Crippen LogP contribution in [0.2, 0.25) is 0 Å². The summed E-state index contributed by atoms with van der Waals surface area (Å²) < 4.78 is 5.43. The van der Waals surface area contributed by atoms with Crippen molar-refractivity contribution in [1.29, 1.82) is 0 Å². The number of carbonyl (C=O) groups excluding carboxylic acids is 1. The fourth-order valence-electron chi connectivity index (χ4n) is 6.53. The van der Waals surface area contributed by atoms with Crippen LogP contribution in [0.25, 0.3) is 0 Å². The van der Waals surface area contributed by atoms with Gasteiger partial charge in [0.05, 0.1) is 0 Å². The standard InChI is InChI=1S/C20H38N4O4.C15H28ClN3O2.2ClH/c1-19(2,3)28-18(26)24-12-8-20(4,9-13-24)17(21)22-27-15-16(25)14-23-10-6-5-7-11-23;1-15(5-7-17-8-6-15)14(16)18-21-12-13(20)11-19-9-3-2-4-10-19;;/h16,25H,5-15H2,1-4H3,(H2,21,22);13,17,20H,2-12H2,1H3;2*1H. The first-order valence-corrected chi connectivity index (χ1v) is 18.9. The summed E-state index contributed by atoms with van der Waals surface area (Å²) in [6, 6.07) is 0. The molecule has 4 saturated heterocycles. The van der Waals surface area contributed by atoms with Crippen LogP contribution in [-0.4, -0.2) is 138 Å². The van der Waals surface area contributed by atoms with E-state index in [-0.39, 0.29) is 55.0 Å². The van der Waals surface area contributed by atoms with Crippen molar-refractivity contribution in [3.05, 3.63) is 0 Å². The molecule has 0 aromatic rings. The third kappa shape index (κ3) is 17.6. The number of ether oxygens (including phenoxy) is 1. The molecular formula is C35H68Cl3N7O6. The first kappa shape index (κ1) is 47.7. The van der Waals surface area contributed by atoms with Crippen LogP contribution in [-0.2, 0) is 14.4 Å². The van der Waals surface area contributed by atoms with Gasteiger partial charge in [-0.25, -0.2) is 4.79 Å². The van der Waals surface area contributed by atoms with E-state index < -0.39 is 17.8 Å². The lowest BCUT2D eigenvalue weighted by Gasteiger charge is -2.38. The maximum Gasteiger partial charge on any atom is 0.410 e. The van der Waals surface area contributed by atoms with Gasteiger partial charge in [0.1, 0.15) is 36.9 Å². The van der Waals surface area contributed by atoms with Gasteiger partial charge < -0.3 is 50.4 Å². The number of likely N-dealkylation sites (tertiary alicyclic amines) is 3. The van der Waals surface area contributed by atoms with Crippen LogP contribution in [0.15, 0.2) is 10.3 Å². The van der Waals surface area contributed by atoms with E-state index in [1.54, 1.807) is 4.90 Å². The van der Waals surface area contributed by atoms with Crippen molar-refractivity contribution in [2.24, 2.45) is 26.9 Å². The van der Waals surface area contributed by atoms with E-state index in [2.05, 4.69) is 32.4 Å². The molecule has 300 valence electrons. The normalized spacial score (nSPS) is 22.9. The number of halogens is 3. The Morgan fingerprint density at radius 1 is 0.784 bits per heavy atom. The summed E-state index contributed by atoms with van der Waals surface area (Å²) in [6.07, 6.45) is 9.37. The molecule has 4 aliphatic rings. The second-order valence-corrected chi connectivity index (χ2v) is 16.2.